The first-order valence-corrected chi connectivity index (χ1v) is 12.0. The molecule has 0 bridgehead atoms. The number of hydrogen-bond donors (Lipinski definition) is 3. The molecule has 3 N–H and O–H groups in total. The van der Waals surface area contributed by atoms with E-state index in [9.17, 15) is 27.2 Å². The molecule has 0 spiro atoms. The van der Waals surface area contributed by atoms with E-state index in [0.29, 0.717) is 25.1 Å². The molecule has 36 heavy (non-hydrogen) atoms. The van der Waals surface area contributed by atoms with Crippen LogP contribution in [-0.4, -0.2) is 38.1 Å². The van der Waals surface area contributed by atoms with Gasteiger partial charge in [-0.05, 0) is 54.8 Å². The van der Waals surface area contributed by atoms with Crippen LogP contribution in [0.25, 0.3) is 0 Å². The van der Waals surface area contributed by atoms with Crippen molar-refractivity contribution in [1.82, 2.24) is 10.6 Å². The van der Waals surface area contributed by atoms with Crippen molar-refractivity contribution in [2.45, 2.75) is 50.7 Å². The molecule has 1 aliphatic rings. The van der Waals surface area contributed by atoms with Crippen molar-refractivity contribution in [1.29, 1.82) is 0 Å². The van der Waals surface area contributed by atoms with Gasteiger partial charge in [0.15, 0.2) is 0 Å². The molecule has 1 saturated carbocycles. The van der Waals surface area contributed by atoms with Gasteiger partial charge in [0.1, 0.15) is 17.6 Å². The van der Waals surface area contributed by atoms with Gasteiger partial charge in [0.2, 0.25) is 5.91 Å². The second-order valence-corrected chi connectivity index (χ2v) is 8.94. The van der Waals surface area contributed by atoms with Crippen LogP contribution in [0.15, 0.2) is 42.5 Å². The van der Waals surface area contributed by atoms with Gasteiger partial charge >= 0.3 is 6.18 Å². The van der Waals surface area contributed by atoms with E-state index >= 15 is 0 Å². The minimum Gasteiger partial charge on any atom is -0.497 e. The Labute approximate surface area is 207 Å². The average molecular weight is 510 g/mol. The molecule has 1 atom stereocenters. The van der Waals surface area contributed by atoms with Crippen molar-refractivity contribution in [2.75, 3.05) is 25.5 Å². The van der Waals surface area contributed by atoms with E-state index in [0.717, 1.165) is 49.6 Å². The number of carbonyl (C=O) groups excluding carboxylic acids is 2. The van der Waals surface area contributed by atoms with E-state index in [4.69, 9.17) is 4.74 Å². The number of ether oxygens (including phenoxy) is 1. The van der Waals surface area contributed by atoms with Crippen LogP contribution >= 0.6 is 0 Å². The summed E-state index contributed by atoms with van der Waals surface area (Å²) < 4.78 is 58.1. The van der Waals surface area contributed by atoms with Crippen LogP contribution in [-0.2, 0) is 11.0 Å². The third-order valence-electron chi connectivity index (χ3n) is 6.25. The van der Waals surface area contributed by atoms with Gasteiger partial charge < -0.3 is 20.7 Å². The zero-order valence-corrected chi connectivity index (χ0v) is 20.1. The minimum atomic E-state index is -4.80. The number of alkyl halides is 3. The van der Waals surface area contributed by atoms with Gasteiger partial charge in [-0.3, -0.25) is 9.59 Å². The van der Waals surface area contributed by atoms with Gasteiger partial charge in [0.05, 0.1) is 12.7 Å². The fraction of sp³-hybridized carbons (Fsp3) is 0.462. The minimum absolute atomic E-state index is 0.213. The van der Waals surface area contributed by atoms with E-state index in [1.807, 2.05) is 12.1 Å². The number of halogens is 4. The Morgan fingerprint density at radius 2 is 1.72 bits per heavy atom. The molecule has 0 radical (unpaired) electrons. The summed E-state index contributed by atoms with van der Waals surface area (Å²) >= 11 is 0. The molecule has 0 aliphatic heterocycles. The Kier molecular flexibility index (Phi) is 9.55. The van der Waals surface area contributed by atoms with Gasteiger partial charge in [-0.2, -0.15) is 13.2 Å². The molecule has 0 unspecified atom stereocenters. The zero-order valence-electron chi connectivity index (χ0n) is 20.1. The summed E-state index contributed by atoms with van der Waals surface area (Å²) in [6.45, 7) is 0.682. The second kappa shape index (κ2) is 12.6. The maximum atomic E-state index is 13.8. The lowest BCUT2D eigenvalue weighted by Crippen LogP contribution is -2.48. The van der Waals surface area contributed by atoms with Crippen molar-refractivity contribution >= 4 is 17.5 Å². The molecule has 10 heteroatoms. The molecular weight excluding hydrogens is 478 g/mol. The van der Waals surface area contributed by atoms with Crippen LogP contribution in [0.5, 0.6) is 5.75 Å². The number of benzene rings is 2. The Morgan fingerprint density at radius 1 is 1.03 bits per heavy atom. The fourth-order valence-electron chi connectivity index (χ4n) is 4.34. The molecule has 6 nitrogen and oxygen atoms in total. The number of nitrogens with one attached hydrogen (secondary N) is 3. The van der Waals surface area contributed by atoms with Crippen molar-refractivity contribution in [3.8, 4) is 5.75 Å². The second-order valence-electron chi connectivity index (χ2n) is 8.94. The molecule has 0 saturated heterocycles. The summed E-state index contributed by atoms with van der Waals surface area (Å²) in [6, 6.07) is 7.98. The number of methoxy groups -OCH3 is 1. The smallest absolute Gasteiger partial charge is 0.416 e. The number of rotatable bonds is 10. The van der Waals surface area contributed by atoms with Gasteiger partial charge in [-0.25, -0.2) is 4.39 Å². The van der Waals surface area contributed by atoms with E-state index in [1.165, 1.54) is 0 Å². The first-order chi connectivity index (χ1) is 17.2. The van der Waals surface area contributed by atoms with Crippen LogP contribution in [0, 0.1) is 11.7 Å². The summed E-state index contributed by atoms with van der Waals surface area (Å²) in [5.74, 6) is -1.60. The number of anilines is 1. The average Bonchev–Trinajstić information content (AvgIpc) is 2.86. The molecule has 2 aromatic carbocycles. The molecule has 2 amide bonds. The van der Waals surface area contributed by atoms with Crippen LogP contribution in [0.1, 0.15) is 54.4 Å². The van der Waals surface area contributed by atoms with Gasteiger partial charge in [-0.15, -0.1) is 0 Å². The summed E-state index contributed by atoms with van der Waals surface area (Å²) in [6.07, 6.45) is 0.556. The van der Waals surface area contributed by atoms with Crippen LogP contribution in [0.2, 0.25) is 0 Å². The molecule has 1 fully saturated rings. The van der Waals surface area contributed by atoms with Crippen molar-refractivity contribution in [2.24, 2.45) is 5.92 Å². The highest BCUT2D eigenvalue weighted by Gasteiger charge is 2.33. The summed E-state index contributed by atoms with van der Waals surface area (Å²) in [5, 5.41) is 8.47. The Balaban J connectivity index is 1.63. The maximum Gasteiger partial charge on any atom is 0.416 e. The monoisotopic (exact) mass is 509 g/mol. The van der Waals surface area contributed by atoms with E-state index in [-0.39, 0.29) is 12.5 Å². The topological polar surface area (TPSA) is 79.5 Å². The quantitative estimate of drug-likeness (QED) is 0.306. The lowest BCUT2D eigenvalue weighted by atomic mass is 9.84. The van der Waals surface area contributed by atoms with Gasteiger partial charge in [0.25, 0.3) is 5.91 Å². The highest BCUT2D eigenvalue weighted by atomic mass is 19.4. The molecule has 196 valence electrons. The largest absolute Gasteiger partial charge is 0.497 e. The normalized spacial score (nSPS) is 15.1. The molecule has 0 heterocycles. The third kappa shape index (κ3) is 8.13. The lowest BCUT2D eigenvalue weighted by molar-refractivity contribution is -0.137. The summed E-state index contributed by atoms with van der Waals surface area (Å²) in [5.41, 5.74) is -0.904. The first kappa shape index (κ1) is 27.3. The lowest BCUT2D eigenvalue weighted by Gasteiger charge is -2.27. The van der Waals surface area contributed by atoms with E-state index in [1.54, 1.807) is 19.2 Å². The number of carbonyl (C=O) groups is 2. The maximum absolute atomic E-state index is 13.8. The predicted octanol–water partition coefficient (Wildman–Crippen LogP) is 5.15. The van der Waals surface area contributed by atoms with Crippen LogP contribution < -0.4 is 20.7 Å². The van der Waals surface area contributed by atoms with Gasteiger partial charge in [-0.1, -0.05) is 32.1 Å². The summed E-state index contributed by atoms with van der Waals surface area (Å²) in [4.78, 5) is 25.7. The Hall–Kier alpha value is -3.30. The molecule has 3 rings (SSSR count). The molecular formula is C26H31F4N3O3. The van der Waals surface area contributed by atoms with Crippen LogP contribution in [0.4, 0.5) is 23.2 Å². The first-order valence-electron chi connectivity index (χ1n) is 12.0. The summed E-state index contributed by atoms with van der Waals surface area (Å²) in [7, 11) is 1.57. The standard InChI is InChI=1S/C26H31F4N3O3/c1-36-22-9-7-21(8-10-22)31-11-12-32-25(35)23(13-17-5-3-2-4-6-17)33-24(34)18-14-19(26(28,29)30)16-20(27)15-18/h7-10,14-17,23,31H,2-6,11-13H2,1H3,(H,32,35)(H,33,34)/t23-/m0/s1. The molecule has 1 aliphatic carbocycles. The predicted molar refractivity (Wildman–Crippen MR) is 128 cm³/mol. The highest BCUT2D eigenvalue weighted by Crippen LogP contribution is 2.31. The van der Waals surface area contributed by atoms with Crippen molar-refractivity contribution < 1.29 is 31.9 Å². The fourth-order valence-corrected chi connectivity index (χ4v) is 4.34. The van der Waals surface area contributed by atoms with E-state index in [2.05, 4.69) is 16.0 Å². The van der Waals surface area contributed by atoms with Gasteiger partial charge in [0, 0.05) is 24.3 Å². The van der Waals surface area contributed by atoms with Crippen LogP contribution in [0.3, 0.4) is 0 Å². The zero-order chi connectivity index (χ0) is 26.1. The Bertz CT molecular complexity index is 1020. The Morgan fingerprint density at radius 3 is 2.36 bits per heavy atom. The van der Waals surface area contributed by atoms with E-state index < -0.39 is 41.0 Å². The number of amides is 2. The number of hydrogen-bond acceptors (Lipinski definition) is 4. The van der Waals surface area contributed by atoms with Crippen molar-refractivity contribution in [3.05, 3.63) is 59.4 Å². The van der Waals surface area contributed by atoms with Crippen molar-refractivity contribution in [3.63, 3.8) is 0 Å². The third-order valence-corrected chi connectivity index (χ3v) is 6.25. The molecule has 2 aromatic rings. The highest BCUT2D eigenvalue weighted by molar-refractivity contribution is 5.97. The molecule has 0 aromatic heterocycles. The SMILES string of the molecule is COc1ccc(NCCNC(=O)[C@H](CC2CCCCC2)NC(=O)c2cc(F)cc(C(F)(F)F)c2)cc1.